The van der Waals surface area contributed by atoms with Crippen LogP contribution in [0.1, 0.15) is 0 Å². The zero-order valence-corrected chi connectivity index (χ0v) is 16.4. The van der Waals surface area contributed by atoms with Crippen LogP contribution in [0.25, 0.3) is 10.9 Å². The first-order valence-electron chi connectivity index (χ1n) is 8.64. The Balaban J connectivity index is 1.81. The van der Waals surface area contributed by atoms with Gasteiger partial charge in [-0.15, -0.1) is 11.8 Å². The standard InChI is InChI=1S/C22H17BClNOS/c1-27-20-8-3-7-18(15-20)23(17-10-12-19(24)13-11-17)26-21-9-2-5-16-6-4-14-25-22(16)21/h2-15H,1H3. The topological polar surface area (TPSA) is 22.1 Å². The number of nitrogens with zero attached hydrogens (tertiary/aromatic N) is 1. The Bertz CT molecular complexity index is 1070. The number of hydrogen-bond acceptors (Lipinski definition) is 3. The van der Waals surface area contributed by atoms with Gasteiger partial charge in [-0.1, -0.05) is 54.1 Å². The summed E-state index contributed by atoms with van der Waals surface area (Å²) >= 11 is 7.81. The first-order valence-corrected chi connectivity index (χ1v) is 10.2. The number of aromatic nitrogens is 1. The van der Waals surface area contributed by atoms with Crippen molar-refractivity contribution < 1.29 is 4.65 Å². The maximum absolute atomic E-state index is 6.52. The van der Waals surface area contributed by atoms with E-state index in [4.69, 9.17) is 16.3 Å². The second-order valence-corrected chi connectivity index (χ2v) is 7.47. The van der Waals surface area contributed by atoms with Crippen molar-refractivity contribution in [2.75, 3.05) is 6.26 Å². The average Bonchev–Trinajstić information content (AvgIpc) is 2.73. The fraction of sp³-hybridized carbons (Fsp3) is 0.0455. The summed E-state index contributed by atoms with van der Waals surface area (Å²) in [5, 5.41) is 1.77. The zero-order valence-electron chi connectivity index (χ0n) is 14.8. The summed E-state index contributed by atoms with van der Waals surface area (Å²) in [6.07, 6.45) is 3.87. The van der Waals surface area contributed by atoms with E-state index in [9.17, 15) is 0 Å². The highest BCUT2D eigenvalue weighted by Crippen LogP contribution is 2.24. The minimum Gasteiger partial charge on any atom is -0.550 e. The van der Waals surface area contributed by atoms with Gasteiger partial charge in [0.05, 0.1) is 0 Å². The third kappa shape index (κ3) is 3.97. The van der Waals surface area contributed by atoms with E-state index in [1.807, 2.05) is 54.6 Å². The van der Waals surface area contributed by atoms with E-state index in [1.165, 1.54) is 4.90 Å². The molecule has 1 heterocycles. The monoisotopic (exact) mass is 389 g/mol. The number of thioether (sulfide) groups is 1. The van der Waals surface area contributed by atoms with Gasteiger partial charge in [0.25, 0.3) is 0 Å². The summed E-state index contributed by atoms with van der Waals surface area (Å²) in [6.45, 7) is -0.248. The summed E-state index contributed by atoms with van der Waals surface area (Å²) in [6, 6.07) is 26.2. The highest BCUT2D eigenvalue weighted by Gasteiger charge is 2.25. The van der Waals surface area contributed by atoms with Gasteiger partial charge in [-0.2, -0.15) is 0 Å². The summed E-state index contributed by atoms with van der Waals surface area (Å²) in [7, 11) is 0. The molecule has 1 aromatic heterocycles. The Hall–Kier alpha value is -2.43. The van der Waals surface area contributed by atoms with Crippen LogP contribution >= 0.6 is 23.4 Å². The Morgan fingerprint density at radius 1 is 0.889 bits per heavy atom. The molecule has 0 spiro atoms. The summed E-state index contributed by atoms with van der Waals surface area (Å²) in [4.78, 5) is 5.72. The lowest BCUT2D eigenvalue weighted by Crippen LogP contribution is -2.47. The largest absolute Gasteiger partial charge is 0.550 e. The molecule has 4 rings (SSSR count). The number of hydrogen-bond donors (Lipinski definition) is 0. The Labute approximate surface area is 168 Å². The maximum Gasteiger partial charge on any atom is 0.426 e. The number of fused-ring (bicyclic) bond motifs is 1. The molecule has 27 heavy (non-hydrogen) atoms. The molecule has 4 aromatic rings. The number of halogens is 1. The van der Waals surface area contributed by atoms with E-state index in [1.54, 1.807) is 18.0 Å². The van der Waals surface area contributed by atoms with Gasteiger partial charge in [-0.25, -0.2) is 0 Å². The van der Waals surface area contributed by atoms with Crippen LogP contribution in [0.15, 0.2) is 90.0 Å². The van der Waals surface area contributed by atoms with Gasteiger partial charge in [-0.3, -0.25) is 4.98 Å². The summed E-state index contributed by atoms with van der Waals surface area (Å²) < 4.78 is 6.52. The van der Waals surface area contributed by atoms with E-state index in [0.29, 0.717) is 5.02 Å². The van der Waals surface area contributed by atoms with Crippen LogP contribution in [0.3, 0.4) is 0 Å². The second kappa shape index (κ2) is 8.07. The van der Waals surface area contributed by atoms with E-state index in [-0.39, 0.29) is 6.92 Å². The fourth-order valence-electron chi connectivity index (χ4n) is 3.07. The maximum atomic E-state index is 6.52. The lowest BCUT2D eigenvalue weighted by Gasteiger charge is -2.18. The van der Waals surface area contributed by atoms with Gasteiger partial charge in [0, 0.05) is 21.5 Å². The molecule has 0 bridgehead atoms. The Morgan fingerprint density at radius 2 is 1.67 bits per heavy atom. The molecule has 0 fully saturated rings. The predicted octanol–water partition coefficient (Wildman–Crippen LogP) is 4.79. The molecule has 0 saturated carbocycles. The molecule has 0 saturated heterocycles. The Morgan fingerprint density at radius 3 is 2.48 bits per heavy atom. The molecule has 0 N–H and O–H groups in total. The zero-order chi connectivity index (χ0) is 18.6. The van der Waals surface area contributed by atoms with E-state index in [2.05, 4.69) is 35.5 Å². The van der Waals surface area contributed by atoms with Gasteiger partial charge >= 0.3 is 6.92 Å². The predicted molar refractivity (Wildman–Crippen MR) is 117 cm³/mol. The molecule has 0 aliphatic heterocycles. The third-order valence-corrected chi connectivity index (χ3v) is 5.39. The lowest BCUT2D eigenvalue weighted by molar-refractivity contribution is 0.597. The fourth-order valence-corrected chi connectivity index (χ4v) is 3.66. The van der Waals surface area contributed by atoms with Gasteiger partial charge < -0.3 is 4.65 Å². The quantitative estimate of drug-likeness (QED) is 0.362. The van der Waals surface area contributed by atoms with Crippen molar-refractivity contribution >= 4 is 52.1 Å². The normalized spacial score (nSPS) is 10.7. The van der Waals surface area contributed by atoms with Crippen molar-refractivity contribution in [1.29, 1.82) is 0 Å². The molecule has 3 aromatic carbocycles. The number of pyridine rings is 1. The Kier molecular flexibility index (Phi) is 5.37. The summed E-state index contributed by atoms with van der Waals surface area (Å²) in [5.74, 6) is 0.766. The van der Waals surface area contributed by atoms with Crippen LogP contribution in [0.4, 0.5) is 0 Å². The van der Waals surface area contributed by atoms with Crippen molar-refractivity contribution in [2.24, 2.45) is 0 Å². The number of rotatable bonds is 5. The number of para-hydroxylation sites is 1. The van der Waals surface area contributed by atoms with Crippen molar-refractivity contribution in [3.05, 3.63) is 90.1 Å². The lowest BCUT2D eigenvalue weighted by atomic mass is 9.55. The molecule has 0 atom stereocenters. The molecule has 2 nitrogen and oxygen atoms in total. The third-order valence-electron chi connectivity index (χ3n) is 4.41. The van der Waals surface area contributed by atoms with Gasteiger partial charge in [0.1, 0.15) is 11.3 Å². The second-order valence-electron chi connectivity index (χ2n) is 6.16. The van der Waals surface area contributed by atoms with Crippen molar-refractivity contribution in [2.45, 2.75) is 4.90 Å². The number of benzene rings is 3. The van der Waals surface area contributed by atoms with Crippen LogP contribution in [0.5, 0.6) is 5.75 Å². The van der Waals surface area contributed by atoms with Crippen molar-refractivity contribution in [3.63, 3.8) is 0 Å². The first-order chi connectivity index (χ1) is 13.2. The minimum absolute atomic E-state index is 0.248. The molecular weight excluding hydrogens is 373 g/mol. The SMILES string of the molecule is CSc1cccc(B(Oc2cccc3cccnc23)c2ccc(Cl)cc2)c1. The van der Waals surface area contributed by atoms with Crippen LogP contribution in [-0.2, 0) is 0 Å². The molecule has 5 heteroatoms. The highest BCUT2D eigenvalue weighted by atomic mass is 35.5. The smallest absolute Gasteiger partial charge is 0.426 e. The molecular formula is C22H17BClNOS. The molecule has 0 radical (unpaired) electrons. The minimum atomic E-state index is -0.248. The van der Waals surface area contributed by atoms with Crippen molar-refractivity contribution in [3.8, 4) is 5.75 Å². The molecule has 0 aliphatic rings. The van der Waals surface area contributed by atoms with Gasteiger partial charge in [0.2, 0.25) is 0 Å². The first kappa shape index (κ1) is 18.0. The van der Waals surface area contributed by atoms with Crippen LogP contribution in [0, 0.1) is 0 Å². The van der Waals surface area contributed by atoms with E-state index < -0.39 is 0 Å². The van der Waals surface area contributed by atoms with E-state index >= 15 is 0 Å². The van der Waals surface area contributed by atoms with E-state index in [0.717, 1.165) is 27.6 Å². The van der Waals surface area contributed by atoms with Gasteiger partial charge in [-0.05, 0) is 53.6 Å². The van der Waals surface area contributed by atoms with Crippen LogP contribution in [-0.4, -0.2) is 18.2 Å². The molecule has 0 amide bonds. The van der Waals surface area contributed by atoms with Crippen LogP contribution < -0.4 is 15.6 Å². The molecule has 0 aliphatic carbocycles. The van der Waals surface area contributed by atoms with Gasteiger partial charge in [0.15, 0.2) is 0 Å². The summed E-state index contributed by atoms with van der Waals surface area (Å²) in [5.41, 5.74) is 3.00. The van der Waals surface area contributed by atoms with Crippen molar-refractivity contribution in [1.82, 2.24) is 4.98 Å². The molecule has 132 valence electrons. The highest BCUT2D eigenvalue weighted by molar-refractivity contribution is 7.98. The van der Waals surface area contributed by atoms with Crippen LogP contribution in [0.2, 0.25) is 5.02 Å². The average molecular weight is 390 g/mol. The molecule has 0 unspecified atom stereocenters.